The van der Waals surface area contributed by atoms with Gasteiger partial charge in [-0.1, -0.05) is 12.1 Å². The molecule has 2 aromatic rings. The molecule has 1 aliphatic rings. The van der Waals surface area contributed by atoms with Crippen LogP contribution in [0, 0.1) is 5.92 Å². The highest BCUT2D eigenvalue weighted by Crippen LogP contribution is 2.36. The maximum Gasteiger partial charge on any atom is 0.417 e. The lowest BCUT2D eigenvalue weighted by atomic mass is 9.97. The van der Waals surface area contributed by atoms with E-state index in [1.165, 1.54) is 12.3 Å². The van der Waals surface area contributed by atoms with Gasteiger partial charge in [-0.25, -0.2) is 8.42 Å². The second-order valence-electron chi connectivity index (χ2n) is 6.40. The number of nitrogens with one attached hydrogen (secondary N) is 1. The molecule has 0 aliphatic carbocycles. The fourth-order valence-corrected chi connectivity index (χ4v) is 4.79. The Morgan fingerprint density at radius 2 is 1.79 bits per heavy atom. The number of pyridine rings is 1. The Balaban J connectivity index is 1.70. The molecule has 3 rings (SSSR count). The fraction of sp³-hybridized carbons (Fsp3) is 0.333. The van der Waals surface area contributed by atoms with Crippen LogP contribution in [0.4, 0.5) is 18.9 Å². The molecule has 150 valence electrons. The minimum atomic E-state index is -4.77. The molecule has 1 fully saturated rings. The average molecular weight is 413 g/mol. The summed E-state index contributed by atoms with van der Waals surface area (Å²) in [5.41, 5.74) is -0.659. The van der Waals surface area contributed by atoms with Crippen LogP contribution in [0.1, 0.15) is 18.4 Å². The van der Waals surface area contributed by atoms with E-state index in [-0.39, 0.29) is 31.8 Å². The smallest absolute Gasteiger partial charge is 0.324 e. The molecule has 0 saturated carbocycles. The van der Waals surface area contributed by atoms with Crippen LogP contribution in [0.2, 0.25) is 0 Å². The van der Waals surface area contributed by atoms with Gasteiger partial charge in [0.15, 0.2) is 0 Å². The van der Waals surface area contributed by atoms with E-state index >= 15 is 0 Å². The van der Waals surface area contributed by atoms with Gasteiger partial charge >= 0.3 is 6.18 Å². The number of hydrogen-bond donors (Lipinski definition) is 1. The maximum atomic E-state index is 13.2. The average Bonchev–Trinajstić information content (AvgIpc) is 2.68. The van der Waals surface area contributed by atoms with Crippen molar-refractivity contribution in [3.05, 3.63) is 54.4 Å². The van der Waals surface area contributed by atoms with Gasteiger partial charge < -0.3 is 5.32 Å². The lowest BCUT2D eigenvalue weighted by Crippen LogP contribution is -2.41. The number of alkyl halides is 3. The molecule has 2 heterocycles. The summed E-state index contributed by atoms with van der Waals surface area (Å²) >= 11 is 0. The number of piperidine rings is 1. The molecule has 1 amide bonds. The zero-order chi connectivity index (χ0) is 20.4. The number of carbonyl (C=O) groups is 1. The molecule has 1 aliphatic heterocycles. The SMILES string of the molecule is O=C(Nc1cccnc1)C1CCN(S(=O)(=O)c2ccccc2C(F)(F)F)CC1. The van der Waals surface area contributed by atoms with Crippen molar-refractivity contribution >= 4 is 21.6 Å². The number of nitrogens with zero attached hydrogens (tertiary/aromatic N) is 2. The summed E-state index contributed by atoms with van der Waals surface area (Å²) in [6.45, 7) is -0.0562. The van der Waals surface area contributed by atoms with E-state index in [1.54, 1.807) is 18.3 Å². The van der Waals surface area contributed by atoms with E-state index in [4.69, 9.17) is 0 Å². The molecule has 10 heteroatoms. The number of anilines is 1. The standard InChI is InChI=1S/C18H18F3N3O3S/c19-18(20,21)15-5-1-2-6-16(15)28(26,27)24-10-7-13(8-11-24)17(25)23-14-4-3-9-22-12-14/h1-6,9,12-13H,7-8,10-11H2,(H,23,25). The van der Waals surface area contributed by atoms with Crippen LogP contribution in [0.15, 0.2) is 53.7 Å². The fourth-order valence-electron chi connectivity index (χ4n) is 3.10. The van der Waals surface area contributed by atoms with Crippen molar-refractivity contribution in [2.75, 3.05) is 18.4 Å². The first-order chi connectivity index (χ1) is 13.2. The molecule has 0 atom stereocenters. The third-order valence-corrected chi connectivity index (χ3v) is 6.52. The highest BCUT2D eigenvalue weighted by Gasteiger charge is 2.40. The van der Waals surface area contributed by atoms with E-state index in [2.05, 4.69) is 10.3 Å². The number of amides is 1. The van der Waals surface area contributed by atoms with E-state index in [0.29, 0.717) is 5.69 Å². The third-order valence-electron chi connectivity index (χ3n) is 4.56. The zero-order valence-corrected chi connectivity index (χ0v) is 15.5. The Morgan fingerprint density at radius 1 is 1.11 bits per heavy atom. The van der Waals surface area contributed by atoms with E-state index < -0.39 is 32.6 Å². The number of aromatic nitrogens is 1. The zero-order valence-electron chi connectivity index (χ0n) is 14.7. The first-order valence-corrected chi connectivity index (χ1v) is 10.0. The number of hydrogen-bond acceptors (Lipinski definition) is 4. The summed E-state index contributed by atoms with van der Waals surface area (Å²) in [5.74, 6) is -0.690. The van der Waals surface area contributed by atoms with E-state index in [1.807, 2.05) is 0 Å². The van der Waals surface area contributed by atoms with Crippen LogP contribution in [0.3, 0.4) is 0 Å². The molecular formula is C18H18F3N3O3S. The van der Waals surface area contributed by atoms with Gasteiger partial charge in [0.25, 0.3) is 0 Å². The number of halogens is 3. The number of rotatable bonds is 4. The van der Waals surface area contributed by atoms with Crippen LogP contribution in [0.5, 0.6) is 0 Å². The van der Waals surface area contributed by atoms with E-state index in [9.17, 15) is 26.4 Å². The first kappa shape index (κ1) is 20.3. The van der Waals surface area contributed by atoms with Gasteiger partial charge in [-0.05, 0) is 37.1 Å². The van der Waals surface area contributed by atoms with Crippen LogP contribution in [-0.4, -0.2) is 36.7 Å². The quantitative estimate of drug-likeness (QED) is 0.835. The van der Waals surface area contributed by atoms with Crippen LogP contribution in [0.25, 0.3) is 0 Å². The third kappa shape index (κ3) is 4.33. The summed E-state index contributed by atoms with van der Waals surface area (Å²) in [7, 11) is -4.31. The topological polar surface area (TPSA) is 79.4 Å². The van der Waals surface area contributed by atoms with Crippen molar-refractivity contribution < 1.29 is 26.4 Å². The second kappa shape index (κ2) is 7.88. The van der Waals surface area contributed by atoms with Crippen LogP contribution in [-0.2, 0) is 21.0 Å². The van der Waals surface area contributed by atoms with Crippen LogP contribution < -0.4 is 5.32 Å². The predicted molar refractivity (Wildman–Crippen MR) is 95.8 cm³/mol. The first-order valence-electron chi connectivity index (χ1n) is 8.57. The lowest BCUT2D eigenvalue weighted by Gasteiger charge is -2.31. The van der Waals surface area contributed by atoms with Gasteiger partial charge in [-0.3, -0.25) is 9.78 Å². The molecule has 6 nitrogen and oxygen atoms in total. The van der Waals surface area contributed by atoms with Crippen molar-refractivity contribution in [2.45, 2.75) is 23.9 Å². The summed E-state index contributed by atoms with van der Waals surface area (Å²) in [6.07, 6.45) is -1.27. The molecule has 28 heavy (non-hydrogen) atoms. The molecule has 0 unspecified atom stereocenters. The summed E-state index contributed by atoms with van der Waals surface area (Å²) < 4.78 is 66.0. The molecular weight excluding hydrogens is 395 g/mol. The Hall–Kier alpha value is -2.46. The number of benzene rings is 1. The van der Waals surface area contributed by atoms with Crippen molar-refractivity contribution in [3.8, 4) is 0 Å². The lowest BCUT2D eigenvalue weighted by molar-refractivity contribution is -0.139. The number of sulfonamides is 1. The van der Waals surface area contributed by atoms with Gasteiger partial charge in [0.1, 0.15) is 0 Å². The van der Waals surface area contributed by atoms with Crippen LogP contribution >= 0.6 is 0 Å². The summed E-state index contributed by atoms with van der Waals surface area (Å²) in [5, 5.41) is 2.71. The predicted octanol–water partition coefficient (Wildman–Crippen LogP) is 3.14. The molecule has 1 aromatic heterocycles. The Labute approximate surface area is 160 Å². The summed E-state index contributed by atoms with van der Waals surface area (Å²) in [4.78, 5) is 15.5. The monoisotopic (exact) mass is 413 g/mol. The Kier molecular flexibility index (Phi) is 5.71. The largest absolute Gasteiger partial charge is 0.417 e. The van der Waals surface area contributed by atoms with Gasteiger partial charge in [-0.2, -0.15) is 17.5 Å². The van der Waals surface area contributed by atoms with Gasteiger partial charge in [0.2, 0.25) is 15.9 Å². The van der Waals surface area contributed by atoms with Gasteiger partial charge in [-0.15, -0.1) is 0 Å². The molecule has 1 N–H and O–H groups in total. The highest BCUT2D eigenvalue weighted by atomic mass is 32.2. The maximum absolute atomic E-state index is 13.2. The highest BCUT2D eigenvalue weighted by molar-refractivity contribution is 7.89. The van der Waals surface area contributed by atoms with Crippen molar-refractivity contribution in [1.29, 1.82) is 0 Å². The normalized spacial score (nSPS) is 16.7. The Bertz CT molecular complexity index is 941. The molecule has 1 saturated heterocycles. The summed E-state index contributed by atoms with van der Waals surface area (Å²) in [6, 6.07) is 7.47. The molecule has 1 aromatic carbocycles. The molecule has 0 radical (unpaired) electrons. The van der Waals surface area contributed by atoms with Crippen molar-refractivity contribution in [3.63, 3.8) is 0 Å². The van der Waals surface area contributed by atoms with Gasteiger partial charge in [0.05, 0.1) is 22.3 Å². The van der Waals surface area contributed by atoms with E-state index in [0.717, 1.165) is 22.5 Å². The second-order valence-corrected chi connectivity index (χ2v) is 8.31. The van der Waals surface area contributed by atoms with Crippen molar-refractivity contribution in [2.24, 2.45) is 5.92 Å². The van der Waals surface area contributed by atoms with Crippen molar-refractivity contribution in [1.82, 2.24) is 9.29 Å². The number of carbonyl (C=O) groups excluding carboxylic acids is 1. The molecule has 0 spiro atoms. The minimum Gasteiger partial charge on any atom is -0.324 e. The molecule has 0 bridgehead atoms. The Morgan fingerprint density at radius 3 is 2.39 bits per heavy atom. The van der Waals surface area contributed by atoms with Gasteiger partial charge in [0, 0.05) is 25.2 Å². The minimum absolute atomic E-state index is 0.0281.